The summed E-state index contributed by atoms with van der Waals surface area (Å²) in [5.74, 6) is 1.58. The number of carbonyl (C=O) groups is 3. The average Bonchev–Trinajstić information content (AvgIpc) is 3.12. The Kier molecular flexibility index (Phi) is 8.82. The first-order valence-electron chi connectivity index (χ1n) is 18.9. The van der Waals surface area contributed by atoms with Gasteiger partial charge >= 0.3 is 0 Å². The number of aliphatic hydroxyl groups excluding tert-OH is 1. The van der Waals surface area contributed by atoms with Crippen LogP contribution in [-0.2, 0) is 20.8 Å². The first kappa shape index (κ1) is 36.1. The minimum atomic E-state index is -0.489. The zero-order valence-electron chi connectivity index (χ0n) is 32.1. The molecule has 0 aromatic heterocycles. The van der Waals surface area contributed by atoms with Gasteiger partial charge in [0.25, 0.3) is 0 Å². The molecule has 278 valence electrons. The van der Waals surface area contributed by atoms with E-state index in [1.165, 1.54) is 5.57 Å². The van der Waals surface area contributed by atoms with E-state index < -0.39 is 5.41 Å². The fourth-order valence-electron chi connectivity index (χ4n) is 11.0. The molecule has 3 saturated carbocycles. The molecule has 9 heteroatoms. The summed E-state index contributed by atoms with van der Waals surface area (Å²) in [7, 11) is 5.12. The molecule has 0 bridgehead atoms. The number of amides is 2. The van der Waals surface area contributed by atoms with Gasteiger partial charge in [0.15, 0.2) is 17.3 Å². The van der Waals surface area contributed by atoms with E-state index in [4.69, 9.17) is 9.47 Å². The number of hydrogen-bond acceptors (Lipinski definition) is 7. The monoisotopic (exact) mass is 709 g/mol. The van der Waals surface area contributed by atoms with E-state index in [2.05, 4.69) is 50.5 Å². The molecule has 1 aromatic carbocycles. The molecule has 52 heavy (non-hydrogen) atoms. The second-order valence-electron chi connectivity index (χ2n) is 17.3. The molecule has 9 nitrogen and oxygen atoms in total. The Morgan fingerprint density at radius 3 is 2.37 bits per heavy atom. The van der Waals surface area contributed by atoms with Crippen molar-refractivity contribution >= 4 is 23.3 Å². The number of ether oxygens (including phenoxy) is 2. The molecule has 5 aliphatic carbocycles. The predicted octanol–water partition coefficient (Wildman–Crippen LogP) is 7.05. The fraction of sp³-hybridized carbons (Fsp3) is 0.558. The lowest BCUT2D eigenvalue weighted by Gasteiger charge is -2.65. The van der Waals surface area contributed by atoms with Gasteiger partial charge in [-0.3, -0.25) is 14.4 Å². The van der Waals surface area contributed by atoms with Crippen molar-refractivity contribution in [2.45, 2.75) is 86.0 Å². The quantitative estimate of drug-likeness (QED) is 0.260. The van der Waals surface area contributed by atoms with Crippen LogP contribution in [-0.4, -0.2) is 57.1 Å². The molecule has 0 saturated heterocycles. The SMILES string of the molecule is COc1cc2c(cc1OC)N(C)C=C(C(=O)NCCNC(=O)C1(C)CCC3(C)CCC4(C)C5=CC=C6C(=CC(=O)C(O)=C6C)C5(C)CCC4C3C1)C2. The maximum Gasteiger partial charge on any atom is 0.249 e. The fourth-order valence-corrected chi connectivity index (χ4v) is 11.0. The molecule has 6 atom stereocenters. The van der Waals surface area contributed by atoms with E-state index >= 15 is 0 Å². The van der Waals surface area contributed by atoms with E-state index in [0.717, 1.165) is 67.3 Å². The Bertz CT molecular complexity index is 1900. The van der Waals surface area contributed by atoms with Gasteiger partial charge in [0.05, 0.1) is 14.2 Å². The summed E-state index contributed by atoms with van der Waals surface area (Å²) >= 11 is 0. The summed E-state index contributed by atoms with van der Waals surface area (Å²) in [6.07, 6.45) is 15.3. The van der Waals surface area contributed by atoms with Gasteiger partial charge in [-0.2, -0.15) is 0 Å². The van der Waals surface area contributed by atoms with Crippen molar-refractivity contribution in [1.82, 2.24) is 10.6 Å². The number of allylic oxidation sites excluding steroid dienone is 7. The largest absolute Gasteiger partial charge is 0.504 e. The predicted molar refractivity (Wildman–Crippen MR) is 202 cm³/mol. The lowest BCUT2D eigenvalue weighted by Crippen LogP contribution is -2.57. The average molecular weight is 710 g/mol. The van der Waals surface area contributed by atoms with E-state index in [1.807, 2.05) is 37.2 Å². The minimum absolute atomic E-state index is 0.0429. The number of hydrogen-bond donors (Lipinski definition) is 3. The third kappa shape index (κ3) is 5.52. The maximum atomic E-state index is 14.0. The van der Waals surface area contributed by atoms with Crippen LogP contribution in [0, 0.1) is 33.5 Å². The van der Waals surface area contributed by atoms with Crippen molar-refractivity contribution in [1.29, 1.82) is 0 Å². The van der Waals surface area contributed by atoms with Gasteiger partial charge in [-0.25, -0.2) is 0 Å². The van der Waals surface area contributed by atoms with Crippen LogP contribution >= 0.6 is 0 Å². The highest BCUT2D eigenvalue weighted by Crippen LogP contribution is 2.70. The van der Waals surface area contributed by atoms with Gasteiger partial charge in [-0.1, -0.05) is 45.4 Å². The van der Waals surface area contributed by atoms with Crippen LogP contribution in [0.15, 0.2) is 70.2 Å². The van der Waals surface area contributed by atoms with Gasteiger partial charge < -0.3 is 30.1 Å². The number of methoxy groups -OCH3 is 2. The summed E-state index contributed by atoms with van der Waals surface area (Å²) in [5, 5.41) is 16.6. The van der Waals surface area contributed by atoms with E-state index in [0.29, 0.717) is 54.0 Å². The highest BCUT2D eigenvalue weighted by molar-refractivity contribution is 6.06. The number of nitrogens with one attached hydrogen (secondary N) is 2. The van der Waals surface area contributed by atoms with Gasteiger partial charge in [0.2, 0.25) is 17.6 Å². The summed E-state index contributed by atoms with van der Waals surface area (Å²) in [6, 6.07) is 3.84. The molecule has 2 amide bonds. The van der Waals surface area contributed by atoms with Crippen molar-refractivity contribution in [3.05, 3.63) is 75.7 Å². The summed E-state index contributed by atoms with van der Waals surface area (Å²) in [5.41, 5.74) is 6.10. The number of anilines is 1. The first-order chi connectivity index (χ1) is 24.6. The molecule has 0 radical (unpaired) electrons. The smallest absolute Gasteiger partial charge is 0.249 e. The Hall–Kier alpha value is -4.27. The maximum absolute atomic E-state index is 14.0. The van der Waals surface area contributed by atoms with Crippen LogP contribution in [0.25, 0.3) is 0 Å². The third-order valence-electron chi connectivity index (χ3n) is 14.3. The Labute approximate surface area is 308 Å². The van der Waals surface area contributed by atoms with E-state index in [1.54, 1.807) is 20.3 Å². The normalized spacial score (nSPS) is 33.5. The Morgan fingerprint density at radius 1 is 0.942 bits per heavy atom. The summed E-state index contributed by atoms with van der Waals surface area (Å²) in [6.45, 7) is 11.9. The van der Waals surface area contributed by atoms with Crippen molar-refractivity contribution in [2.24, 2.45) is 33.5 Å². The zero-order valence-corrected chi connectivity index (χ0v) is 32.1. The van der Waals surface area contributed by atoms with Gasteiger partial charge in [-0.05, 0) is 103 Å². The van der Waals surface area contributed by atoms with Crippen LogP contribution in [0.4, 0.5) is 5.69 Å². The minimum Gasteiger partial charge on any atom is -0.504 e. The number of fused-ring (bicyclic) bond motifs is 8. The van der Waals surface area contributed by atoms with Gasteiger partial charge in [-0.15, -0.1) is 0 Å². The second kappa shape index (κ2) is 12.7. The van der Waals surface area contributed by atoms with Crippen LogP contribution in [0.5, 0.6) is 11.5 Å². The van der Waals surface area contributed by atoms with E-state index in [9.17, 15) is 19.5 Å². The second-order valence-corrected chi connectivity index (χ2v) is 17.3. The van der Waals surface area contributed by atoms with Crippen molar-refractivity contribution in [3.63, 3.8) is 0 Å². The number of benzene rings is 1. The number of aliphatic hydroxyl groups is 1. The van der Waals surface area contributed by atoms with Crippen LogP contribution in [0.1, 0.15) is 85.1 Å². The van der Waals surface area contributed by atoms with Crippen LogP contribution in [0.2, 0.25) is 0 Å². The van der Waals surface area contributed by atoms with Crippen LogP contribution in [0.3, 0.4) is 0 Å². The molecule has 6 aliphatic rings. The zero-order chi connectivity index (χ0) is 37.4. The molecule has 6 unspecified atom stereocenters. The summed E-state index contributed by atoms with van der Waals surface area (Å²) < 4.78 is 10.9. The summed E-state index contributed by atoms with van der Waals surface area (Å²) in [4.78, 5) is 41.9. The number of nitrogens with zero attached hydrogens (tertiary/aromatic N) is 1. The van der Waals surface area contributed by atoms with Crippen molar-refractivity contribution < 1.29 is 29.0 Å². The van der Waals surface area contributed by atoms with E-state index in [-0.39, 0.29) is 39.6 Å². The topological polar surface area (TPSA) is 117 Å². The molecule has 1 aromatic rings. The molecule has 3 N–H and O–H groups in total. The number of carbonyl (C=O) groups excluding carboxylic acids is 3. The lowest BCUT2D eigenvalue weighted by atomic mass is 9.39. The number of ketones is 1. The standard InChI is InChI=1S/C43H55N3O6/c1-25-28-9-10-36-42(4,30(28)21-33(47)37(25)48)12-11-29-31-23-41(3,14-13-40(31,2)15-16-43(29,36)5)39(50)45-18-17-44-38(49)27-19-26-20-34(51-7)35(52-8)22-32(26)46(6)24-27/h9-10,20-22,24,29,31,48H,11-19,23H2,1-8H3,(H,44,49)(H,45,50). The number of rotatable bonds is 7. The molecular formula is C43H55N3O6. The molecule has 3 fully saturated rings. The highest BCUT2D eigenvalue weighted by Gasteiger charge is 2.62. The van der Waals surface area contributed by atoms with Crippen LogP contribution < -0.4 is 25.0 Å². The highest BCUT2D eigenvalue weighted by atomic mass is 16.5. The van der Waals surface area contributed by atoms with Gasteiger partial charge in [0.1, 0.15) is 0 Å². The Balaban J connectivity index is 1.01. The van der Waals surface area contributed by atoms with Gasteiger partial charge in [0, 0.05) is 66.5 Å². The van der Waals surface area contributed by atoms with Crippen molar-refractivity contribution in [2.75, 3.05) is 39.3 Å². The molecule has 1 heterocycles. The Morgan fingerprint density at radius 2 is 1.63 bits per heavy atom. The van der Waals surface area contributed by atoms with Crippen molar-refractivity contribution in [3.8, 4) is 11.5 Å². The third-order valence-corrected chi connectivity index (χ3v) is 14.3. The molecule has 1 aliphatic heterocycles. The molecule has 7 rings (SSSR count). The molecule has 0 spiro atoms. The lowest BCUT2D eigenvalue weighted by molar-refractivity contribution is -0.144. The molecular weight excluding hydrogens is 654 g/mol. The first-order valence-corrected chi connectivity index (χ1v) is 18.9.